The van der Waals surface area contributed by atoms with E-state index in [-0.39, 0.29) is 0 Å². The number of nitrogens with two attached hydrogens (primary N) is 1. The van der Waals surface area contributed by atoms with Crippen LogP contribution in [0.5, 0.6) is 0 Å². The predicted molar refractivity (Wildman–Crippen MR) is 84.5 cm³/mol. The summed E-state index contributed by atoms with van der Waals surface area (Å²) >= 11 is 0. The second-order valence-electron chi connectivity index (χ2n) is 6.21. The molecule has 3 rings (SSSR count). The molecular formula is C18H24N2. The monoisotopic (exact) mass is 268 g/mol. The van der Waals surface area contributed by atoms with E-state index < -0.39 is 0 Å². The van der Waals surface area contributed by atoms with Gasteiger partial charge in [-0.1, -0.05) is 37.6 Å². The van der Waals surface area contributed by atoms with Gasteiger partial charge in [-0.2, -0.15) is 0 Å². The van der Waals surface area contributed by atoms with Crippen LogP contribution in [0.15, 0.2) is 36.4 Å². The first-order chi connectivity index (χ1) is 9.76. The Hall–Kier alpha value is -1.41. The van der Waals surface area contributed by atoms with Gasteiger partial charge in [-0.25, -0.2) is 0 Å². The molecule has 2 heteroatoms. The number of pyridine rings is 1. The van der Waals surface area contributed by atoms with Gasteiger partial charge in [-0.05, 0) is 49.7 Å². The number of benzene rings is 1. The average Bonchev–Trinajstić information content (AvgIpc) is 2.49. The van der Waals surface area contributed by atoms with Crippen LogP contribution in [-0.4, -0.2) is 11.0 Å². The zero-order valence-corrected chi connectivity index (χ0v) is 12.3. The van der Waals surface area contributed by atoms with Gasteiger partial charge in [0.05, 0.1) is 5.52 Å². The molecule has 1 aliphatic rings. The molecule has 20 heavy (non-hydrogen) atoms. The van der Waals surface area contributed by atoms with Gasteiger partial charge < -0.3 is 5.73 Å². The minimum absolute atomic E-state index is 0.353. The SMILES string of the molecule is CCC1CCC(N)C(Cc2ccc3ccccc3n2)C1. The molecule has 0 amide bonds. The van der Waals surface area contributed by atoms with Crippen LogP contribution in [0.1, 0.15) is 38.3 Å². The fourth-order valence-electron chi connectivity index (χ4n) is 3.48. The Kier molecular flexibility index (Phi) is 4.02. The molecule has 106 valence electrons. The summed E-state index contributed by atoms with van der Waals surface area (Å²) in [6, 6.07) is 13.0. The topological polar surface area (TPSA) is 38.9 Å². The average molecular weight is 268 g/mol. The van der Waals surface area contributed by atoms with E-state index in [2.05, 4.69) is 43.3 Å². The molecule has 1 heterocycles. The Morgan fingerprint density at radius 3 is 2.85 bits per heavy atom. The quantitative estimate of drug-likeness (QED) is 0.916. The standard InChI is InChI=1S/C18H24N2/c1-2-13-7-10-17(19)15(11-13)12-16-9-8-14-5-3-4-6-18(14)20-16/h3-6,8-9,13,15,17H,2,7,10-12,19H2,1H3. The summed E-state index contributed by atoms with van der Waals surface area (Å²) in [6.45, 7) is 2.30. The Morgan fingerprint density at radius 1 is 1.15 bits per heavy atom. The van der Waals surface area contributed by atoms with E-state index in [1.54, 1.807) is 0 Å². The third-order valence-corrected chi connectivity index (χ3v) is 4.85. The van der Waals surface area contributed by atoms with Crippen molar-refractivity contribution in [3.8, 4) is 0 Å². The number of aromatic nitrogens is 1. The van der Waals surface area contributed by atoms with Gasteiger partial charge in [-0.15, -0.1) is 0 Å². The van der Waals surface area contributed by atoms with E-state index in [1.807, 2.05) is 0 Å². The zero-order chi connectivity index (χ0) is 13.9. The molecule has 2 N–H and O–H groups in total. The molecule has 1 aliphatic carbocycles. The second kappa shape index (κ2) is 5.92. The largest absolute Gasteiger partial charge is 0.327 e. The fourth-order valence-corrected chi connectivity index (χ4v) is 3.48. The fraction of sp³-hybridized carbons (Fsp3) is 0.500. The lowest BCUT2D eigenvalue weighted by atomic mass is 9.75. The lowest BCUT2D eigenvalue weighted by Crippen LogP contribution is -2.37. The van der Waals surface area contributed by atoms with Crippen LogP contribution in [0.3, 0.4) is 0 Å². The zero-order valence-electron chi connectivity index (χ0n) is 12.3. The van der Waals surface area contributed by atoms with Crippen molar-refractivity contribution in [2.75, 3.05) is 0 Å². The predicted octanol–water partition coefficient (Wildman–Crippen LogP) is 3.93. The molecule has 0 saturated heterocycles. The molecule has 0 radical (unpaired) electrons. The Labute approximate surface area is 121 Å². The van der Waals surface area contributed by atoms with Crippen LogP contribution in [-0.2, 0) is 6.42 Å². The molecule has 2 nitrogen and oxygen atoms in total. The van der Waals surface area contributed by atoms with Crippen molar-refractivity contribution in [2.45, 2.75) is 45.1 Å². The lowest BCUT2D eigenvalue weighted by molar-refractivity contribution is 0.226. The van der Waals surface area contributed by atoms with Gasteiger partial charge in [-0.3, -0.25) is 4.98 Å². The molecule has 0 spiro atoms. The van der Waals surface area contributed by atoms with Crippen LogP contribution >= 0.6 is 0 Å². The Bertz CT molecular complexity index is 578. The number of rotatable bonds is 3. The van der Waals surface area contributed by atoms with Crippen molar-refractivity contribution < 1.29 is 0 Å². The summed E-state index contributed by atoms with van der Waals surface area (Å²) < 4.78 is 0. The smallest absolute Gasteiger partial charge is 0.0705 e. The molecule has 0 aliphatic heterocycles. The molecule has 0 bridgehead atoms. The van der Waals surface area contributed by atoms with Gasteiger partial charge >= 0.3 is 0 Å². The van der Waals surface area contributed by atoms with Crippen molar-refractivity contribution >= 4 is 10.9 Å². The number of hydrogen-bond acceptors (Lipinski definition) is 2. The first kappa shape index (κ1) is 13.6. The molecule has 1 saturated carbocycles. The highest BCUT2D eigenvalue weighted by Crippen LogP contribution is 2.32. The summed E-state index contributed by atoms with van der Waals surface area (Å²) in [5, 5.41) is 1.22. The molecule has 1 aromatic heterocycles. The summed E-state index contributed by atoms with van der Waals surface area (Å²) in [6.07, 6.45) is 6.07. The minimum Gasteiger partial charge on any atom is -0.327 e. The van der Waals surface area contributed by atoms with E-state index in [0.717, 1.165) is 17.9 Å². The van der Waals surface area contributed by atoms with E-state index in [0.29, 0.717) is 12.0 Å². The maximum atomic E-state index is 6.33. The number of nitrogens with zero attached hydrogens (tertiary/aromatic N) is 1. The highest BCUT2D eigenvalue weighted by atomic mass is 14.7. The Balaban J connectivity index is 1.77. The van der Waals surface area contributed by atoms with E-state index in [9.17, 15) is 0 Å². The minimum atomic E-state index is 0.353. The molecule has 3 unspecified atom stereocenters. The molecule has 2 aromatic rings. The highest BCUT2D eigenvalue weighted by Gasteiger charge is 2.27. The van der Waals surface area contributed by atoms with Crippen molar-refractivity contribution in [3.05, 3.63) is 42.1 Å². The van der Waals surface area contributed by atoms with Crippen molar-refractivity contribution in [3.63, 3.8) is 0 Å². The van der Waals surface area contributed by atoms with Crippen LogP contribution in [0, 0.1) is 11.8 Å². The van der Waals surface area contributed by atoms with Gasteiger partial charge in [0.1, 0.15) is 0 Å². The highest BCUT2D eigenvalue weighted by molar-refractivity contribution is 5.78. The van der Waals surface area contributed by atoms with Gasteiger partial charge in [0.25, 0.3) is 0 Å². The maximum absolute atomic E-state index is 6.33. The summed E-state index contributed by atoms with van der Waals surface area (Å²) in [7, 11) is 0. The summed E-state index contributed by atoms with van der Waals surface area (Å²) in [5.74, 6) is 1.46. The van der Waals surface area contributed by atoms with E-state index >= 15 is 0 Å². The molecule has 1 aromatic carbocycles. The Morgan fingerprint density at radius 2 is 2.00 bits per heavy atom. The third kappa shape index (κ3) is 2.85. The van der Waals surface area contributed by atoms with Crippen LogP contribution in [0.4, 0.5) is 0 Å². The number of para-hydroxylation sites is 1. The van der Waals surface area contributed by atoms with Crippen LogP contribution < -0.4 is 5.73 Å². The molecule has 3 atom stereocenters. The maximum Gasteiger partial charge on any atom is 0.0705 e. The van der Waals surface area contributed by atoms with Gasteiger partial charge in [0.2, 0.25) is 0 Å². The molecule has 1 fully saturated rings. The van der Waals surface area contributed by atoms with Crippen molar-refractivity contribution in [1.29, 1.82) is 0 Å². The van der Waals surface area contributed by atoms with Gasteiger partial charge in [0, 0.05) is 17.1 Å². The summed E-state index contributed by atoms with van der Waals surface area (Å²) in [4.78, 5) is 4.80. The first-order valence-electron chi connectivity index (χ1n) is 7.86. The number of fused-ring (bicyclic) bond motifs is 1. The van der Waals surface area contributed by atoms with Gasteiger partial charge in [0.15, 0.2) is 0 Å². The van der Waals surface area contributed by atoms with Crippen LogP contribution in [0.2, 0.25) is 0 Å². The van der Waals surface area contributed by atoms with Crippen LogP contribution in [0.25, 0.3) is 10.9 Å². The number of hydrogen-bond donors (Lipinski definition) is 1. The summed E-state index contributed by atoms with van der Waals surface area (Å²) in [5.41, 5.74) is 8.62. The third-order valence-electron chi connectivity index (χ3n) is 4.85. The normalized spacial score (nSPS) is 26.8. The first-order valence-corrected chi connectivity index (χ1v) is 7.86. The second-order valence-corrected chi connectivity index (χ2v) is 6.21. The van der Waals surface area contributed by atoms with E-state index in [1.165, 1.54) is 36.8 Å². The van der Waals surface area contributed by atoms with Crippen molar-refractivity contribution in [2.24, 2.45) is 17.6 Å². The lowest BCUT2D eigenvalue weighted by Gasteiger charge is -2.33. The molecular weight excluding hydrogens is 244 g/mol. The van der Waals surface area contributed by atoms with E-state index in [4.69, 9.17) is 10.7 Å². The van der Waals surface area contributed by atoms with Crippen molar-refractivity contribution in [1.82, 2.24) is 4.98 Å².